The third-order valence-corrected chi connectivity index (χ3v) is 7.06. The molecular weight excluding hydrogens is 640 g/mol. The first kappa shape index (κ1) is 29.8. The fraction of sp³-hybridized carbons (Fsp3) is 0.222. The third-order valence-electron chi connectivity index (χ3n) is 5.08. The fourth-order valence-electron chi connectivity index (χ4n) is 3.30. The van der Waals surface area contributed by atoms with E-state index in [0.29, 0.717) is 49.9 Å². The zero-order valence-electron chi connectivity index (χ0n) is 21.6. The van der Waals surface area contributed by atoms with Gasteiger partial charge in [-0.25, -0.2) is 10.2 Å². The van der Waals surface area contributed by atoms with Crippen molar-refractivity contribution < 1.29 is 38.0 Å². The number of hydrogen-bond acceptors (Lipinski definition) is 9. The van der Waals surface area contributed by atoms with Crippen molar-refractivity contribution in [2.75, 3.05) is 34.5 Å². The standard InChI is InChI=1S/C27H26Br2N2O8/c1-5-37-19-8-6-7-9-20(19)38-15-23(32)31-30-14-16-10-11-18(28)24(29)25(16)39-27(33)17-12-21(34-2)26(36-4)22(13-17)35-3/h6-14H,5,15H2,1-4H3,(H,31,32)/b30-14+. The Morgan fingerprint density at radius 3 is 2.10 bits per heavy atom. The maximum Gasteiger partial charge on any atom is 0.343 e. The Morgan fingerprint density at radius 1 is 0.872 bits per heavy atom. The second kappa shape index (κ2) is 14.4. The zero-order valence-corrected chi connectivity index (χ0v) is 24.8. The molecule has 0 bridgehead atoms. The van der Waals surface area contributed by atoms with Crippen LogP contribution in [-0.4, -0.2) is 52.6 Å². The van der Waals surface area contributed by atoms with Crippen LogP contribution in [0.4, 0.5) is 0 Å². The first-order chi connectivity index (χ1) is 18.8. The number of nitrogens with zero attached hydrogens (tertiary/aromatic N) is 1. The van der Waals surface area contributed by atoms with Gasteiger partial charge in [-0.15, -0.1) is 0 Å². The Bertz CT molecular complexity index is 1340. The number of benzene rings is 3. The van der Waals surface area contributed by atoms with Crippen molar-refractivity contribution in [2.24, 2.45) is 5.10 Å². The summed E-state index contributed by atoms with van der Waals surface area (Å²) in [5.74, 6) is 0.904. The number of rotatable bonds is 12. The minimum atomic E-state index is -0.687. The van der Waals surface area contributed by atoms with Gasteiger partial charge in [-0.05, 0) is 75.2 Å². The average Bonchev–Trinajstić information content (AvgIpc) is 2.95. The summed E-state index contributed by atoms with van der Waals surface area (Å²) in [5, 5.41) is 3.98. The molecule has 0 unspecified atom stereocenters. The molecule has 1 N–H and O–H groups in total. The van der Waals surface area contributed by atoms with E-state index in [1.54, 1.807) is 30.3 Å². The molecule has 0 spiro atoms. The number of para-hydroxylation sites is 2. The first-order valence-electron chi connectivity index (χ1n) is 11.5. The molecule has 1 amide bonds. The first-order valence-corrected chi connectivity index (χ1v) is 13.1. The minimum absolute atomic E-state index is 0.164. The number of amides is 1. The van der Waals surface area contributed by atoms with Crippen molar-refractivity contribution in [3.05, 3.63) is 68.6 Å². The summed E-state index contributed by atoms with van der Waals surface area (Å²) in [4.78, 5) is 25.4. The lowest BCUT2D eigenvalue weighted by Gasteiger charge is -2.15. The summed E-state index contributed by atoms with van der Waals surface area (Å²) in [6.07, 6.45) is 1.35. The number of hydrogen-bond donors (Lipinski definition) is 1. The van der Waals surface area contributed by atoms with E-state index in [4.69, 9.17) is 28.4 Å². The lowest BCUT2D eigenvalue weighted by atomic mass is 10.1. The van der Waals surface area contributed by atoms with E-state index in [2.05, 4.69) is 42.4 Å². The molecule has 0 atom stereocenters. The van der Waals surface area contributed by atoms with E-state index < -0.39 is 11.9 Å². The van der Waals surface area contributed by atoms with Crippen LogP contribution in [0, 0.1) is 0 Å². The summed E-state index contributed by atoms with van der Waals surface area (Å²) in [5.41, 5.74) is 2.97. The van der Waals surface area contributed by atoms with Crippen LogP contribution in [-0.2, 0) is 4.79 Å². The molecule has 0 radical (unpaired) electrons. The van der Waals surface area contributed by atoms with Gasteiger partial charge in [0.2, 0.25) is 5.75 Å². The van der Waals surface area contributed by atoms with Gasteiger partial charge in [0, 0.05) is 10.0 Å². The molecule has 0 aliphatic carbocycles. The Hall–Kier alpha value is -3.77. The predicted molar refractivity (Wildman–Crippen MR) is 152 cm³/mol. The highest BCUT2D eigenvalue weighted by atomic mass is 79.9. The molecule has 0 aliphatic heterocycles. The zero-order chi connectivity index (χ0) is 28.4. The highest BCUT2D eigenvalue weighted by molar-refractivity contribution is 9.13. The normalized spacial score (nSPS) is 10.6. The smallest absolute Gasteiger partial charge is 0.343 e. The van der Waals surface area contributed by atoms with Crippen LogP contribution in [0.15, 0.2) is 62.6 Å². The number of hydrazone groups is 1. The van der Waals surface area contributed by atoms with Crippen LogP contribution in [0.3, 0.4) is 0 Å². The van der Waals surface area contributed by atoms with Crippen LogP contribution >= 0.6 is 31.9 Å². The van der Waals surface area contributed by atoms with Crippen LogP contribution in [0.1, 0.15) is 22.8 Å². The molecule has 12 heteroatoms. The topological polar surface area (TPSA) is 114 Å². The van der Waals surface area contributed by atoms with Crippen molar-refractivity contribution >= 4 is 50.0 Å². The second-order valence-electron chi connectivity index (χ2n) is 7.54. The number of esters is 1. The number of ether oxygens (including phenoxy) is 6. The van der Waals surface area contributed by atoms with Crippen LogP contribution in [0.2, 0.25) is 0 Å². The van der Waals surface area contributed by atoms with Gasteiger partial charge >= 0.3 is 5.97 Å². The lowest BCUT2D eigenvalue weighted by Crippen LogP contribution is -2.24. The average molecular weight is 666 g/mol. The second-order valence-corrected chi connectivity index (χ2v) is 9.19. The quantitative estimate of drug-likeness (QED) is 0.119. The minimum Gasteiger partial charge on any atom is -0.493 e. The molecule has 10 nitrogen and oxygen atoms in total. The van der Waals surface area contributed by atoms with E-state index in [0.717, 1.165) is 0 Å². The molecular formula is C27H26Br2N2O8. The molecule has 0 saturated heterocycles. The molecule has 3 aromatic rings. The van der Waals surface area contributed by atoms with Gasteiger partial charge in [-0.1, -0.05) is 12.1 Å². The molecule has 3 aromatic carbocycles. The van der Waals surface area contributed by atoms with E-state index in [1.165, 1.54) is 39.7 Å². The molecule has 0 heterocycles. The molecule has 0 saturated carbocycles. The molecule has 39 heavy (non-hydrogen) atoms. The number of halogens is 2. The molecule has 206 valence electrons. The summed E-state index contributed by atoms with van der Waals surface area (Å²) in [6, 6.07) is 13.4. The Morgan fingerprint density at radius 2 is 1.51 bits per heavy atom. The Balaban J connectivity index is 1.75. The summed E-state index contributed by atoms with van der Waals surface area (Å²) >= 11 is 6.83. The lowest BCUT2D eigenvalue weighted by molar-refractivity contribution is -0.123. The third kappa shape index (κ3) is 7.64. The summed E-state index contributed by atoms with van der Waals surface area (Å²) in [6.45, 7) is 2.04. The van der Waals surface area contributed by atoms with Crippen LogP contribution in [0.25, 0.3) is 0 Å². The van der Waals surface area contributed by atoms with Crippen LogP contribution < -0.4 is 33.8 Å². The summed E-state index contributed by atoms with van der Waals surface area (Å²) in [7, 11) is 4.36. The van der Waals surface area contributed by atoms with E-state index in [9.17, 15) is 9.59 Å². The van der Waals surface area contributed by atoms with Crippen LogP contribution in [0.5, 0.6) is 34.5 Å². The van der Waals surface area contributed by atoms with Gasteiger partial charge in [-0.2, -0.15) is 5.10 Å². The highest BCUT2D eigenvalue weighted by Crippen LogP contribution is 2.40. The number of carbonyl (C=O) groups excluding carboxylic acids is 2. The molecule has 0 aliphatic rings. The predicted octanol–water partition coefficient (Wildman–Crippen LogP) is 5.38. The van der Waals surface area contributed by atoms with E-state index >= 15 is 0 Å². The van der Waals surface area contributed by atoms with Gasteiger partial charge in [-0.3, -0.25) is 4.79 Å². The van der Waals surface area contributed by atoms with Gasteiger partial charge in [0.25, 0.3) is 5.91 Å². The molecule has 0 aromatic heterocycles. The van der Waals surface area contributed by atoms with Gasteiger partial charge in [0.05, 0.1) is 44.2 Å². The van der Waals surface area contributed by atoms with Gasteiger partial charge in [0.1, 0.15) is 0 Å². The molecule has 0 fully saturated rings. The SMILES string of the molecule is CCOc1ccccc1OCC(=O)N/N=C/c1ccc(Br)c(Br)c1OC(=O)c1cc(OC)c(OC)c(OC)c1. The van der Waals surface area contributed by atoms with Crippen molar-refractivity contribution in [1.29, 1.82) is 0 Å². The highest BCUT2D eigenvalue weighted by Gasteiger charge is 2.21. The molecule has 3 rings (SSSR count). The van der Waals surface area contributed by atoms with Gasteiger partial charge in [0.15, 0.2) is 35.4 Å². The fourth-order valence-corrected chi connectivity index (χ4v) is 4.05. The van der Waals surface area contributed by atoms with Crippen molar-refractivity contribution in [3.8, 4) is 34.5 Å². The number of nitrogens with one attached hydrogen (secondary N) is 1. The largest absolute Gasteiger partial charge is 0.493 e. The van der Waals surface area contributed by atoms with E-state index in [-0.39, 0.29) is 17.9 Å². The van der Waals surface area contributed by atoms with Crippen molar-refractivity contribution in [3.63, 3.8) is 0 Å². The number of carbonyl (C=O) groups is 2. The van der Waals surface area contributed by atoms with Crippen molar-refractivity contribution in [2.45, 2.75) is 6.92 Å². The number of methoxy groups -OCH3 is 3. The Kier molecular flexibility index (Phi) is 11.0. The monoisotopic (exact) mass is 664 g/mol. The van der Waals surface area contributed by atoms with Crippen molar-refractivity contribution in [1.82, 2.24) is 5.43 Å². The Labute approximate surface area is 242 Å². The van der Waals surface area contributed by atoms with E-state index in [1.807, 2.05) is 13.0 Å². The van der Waals surface area contributed by atoms with Gasteiger partial charge < -0.3 is 28.4 Å². The maximum absolute atomic E-state index is 13.1. The maximum atomic E-state index is 13.1. The summed E-state index contributed by atoms with van der Waals surface area (Å²) < 4.78 is 33.8.